The van der Waals surface area contributed by atoms with Gasteiger partial charge in [0.2, 0.25) is 5.91 Å². The molecule has 1 heterocycles. The highest BCUT2D eigenvalue weighted by atomic mass is 16.7. The van der Waals surface area contributed by atoms with E-state index in [1.54, 1.807) is 6.08 Å². The molecule has 1 fully saturated rings. The molecule has 0 saturated carbocycles. The second-order valence-electron chi connectivity index (χ2n) is 22.1. The molecule has 1 saturated heterocycles. The number of esters is 1. The SMILES string of the molecule is CCCCCCCCC/C=C/C(O)C(COC1OC(CO)C(O)C(O)C1O)NC(=O)CCCCCCCCCCCCCCCCCCCCCCCCCOC(=O)CCCCCCCCCCCCCCC. The lowest BCUT2D eigenvalue weighted by Crippen LogP contribution is -2.60. The van der Waals surface area contributed by atoms with Crippen molar-refractivity contribution in [2.24, 2.45) is 0 Å². The maximum absolute atomic E-state index is 13.0. The van der Waals surface area contributed by atoms with E-state index in [0.29, 0.717) is 19.4 Å². The summed E-state index contributed by atoms with van der Waals surface area (Å²) in [6.45, 7) is 4.34. The molecule has 0 aliphatic carbocycles. The zero-order chi connectivity index (χ0) is 53.1. The van der Waals surface area contributed by atoms with Gasteiger partial charge in [0.1, 0.15) is 24.4 Å². The van der Waals surface area contributed by atoms with E-state index in [2.05, 4.69) is 19.2 Å². The van der Waals surface area contributed by atoms with Gasteiger partial charge < -0.3 is 45.1 Å². The number of rotatable bonds is 55. The minimum atomic E-state index is -1.57. The standard InChI is InChI=1S/C62H119NO10/c1-3-5-7-9-11-13-14-26-30-34-38-42-46-50-58(67)71-51-47-43-39-35-31-28-25-23-21-19-17-15-16-18-20-22-24-27-29-33-37-41-45-49-57(66)63-54(55(65)48-44-40-36-32-12-10-8-6-4-2)53-72-62-61(70)60(69)59(68)56(52-64)73-62/h44,48,54-56,59-62,64-65,68-70H,3-43,45-47,49-53H2,1-2H3,(H,63,66)/b48-44+. The molecule has 0 radical (unpaired) electrons. The van der Waals surface area contributed by atoms with Crippen LogP contribution in [0.25, 0.3) is 0 Å². The molecule has 1 rings (SSSR count). The number of unbranched alkanes of at least 4 members (excludes halogenated alkanes) is 41. The van der Waals surface area contributed by atoms with Crippen molar-refractivity contribution in [3.8, 4) is 0 Å². The van der Waals surface area contributed by atoms with Crippen LogP contribution in [-0.4, -0.2) is 100 Å². The highest BCUT2D eigenvalue weighted by molar-refractivity contribution is 5.76. The molecule has 1 aliphatic rings. The van der Waals surface area contributed by atoms with Gasteiger partial charge in [0.15, 0.2) is 6.29 Å². The van der Waals surface area contributed by atoms with Crippen molar-refractivity contribution in [1.82, 2.24) is 5.32 Å². The van der Waals surface area contributed by atoms with Gasteiger partial charge in [-0.2, -0.15) is 0 Å². The Hall–Kier alpha value is -1.60. The third-order valence-corrected chi connectivity index (χ3v) is 15.2. The topological polar surface area (TPSA) is 175 Å². The quantitative estimate of drug-likeness (QED) is 0.0195. The van der Waals surface area contributed by atoms with E-state index in [0.717, 1.165) is 57.8 Å². The molecule has 0 aromatic rings. The minimum Gasteiger partial charge on any atom is -0.466 e. The summed E-state index contributed by atoms with van der Waals surface area (Å²) >= 11 is 0. The van der Waals surface area contributed by atoms with E-state index in [4.69, 9.17) is 14.2 Å². The average Bonchev–Trinajstić information content (AvgIpc) is 3.39. The predicted molar refractivity (Wildman–Crippen MR) is 301 cm³/mol. The van der Waals surface area contributed by atoms with E-state index in [1.807, 2.05) is 6.08 Å². The molecule has 11 heteroatoms. The summed E-state index contributed by atoms with van der Waals surface area (Å²) in [4.78, 5) is 25.0. The lowest BCUT2D eigenvalue weighted by atomic mass is 9.99. The van der Waals surface area contributed by atoms with Gasteiger partial charge in [-0.1, -0.05) is 276 Å². The molecule has 0 bridgehead atoms. The summed E-state index contributed by atoms with van der Waals surface area (Å²) < 4.78 is 16.7. The fraction of sp³-hybridized carbons (Fsp3) is 0.935. The molecule has 0 spiro atoms. The summed E-state index contributed by atoms with van der Waals surface area (Å²) in [7, 11) is 0. The number of aliphatic hydroxyl groups excluding tert-OH is 5. The lowest BCUT2D eigenvalue weighted by molar-refractivity contribution is -0.302. The van der Waals surface area contributed by atoms with Crippen LogP contribution in [0.5, 0.6) is 0 Å². The van der Waals surface area contributed by atoms with Crippen LogP contribution in [0.1, 0.15) is 309 Å². The number of amides is 1. The normalized spacial score (nSPS) is 18.9. The van der Waals surface area contributed by atoms with Gasteiger partial charge >= 0.3 is 5.97 Å². The average molecular weight is 1040 g/mol. The van der Waals surface area contributed by atoms with Gasteiger partial charge in [0.05, 0.1) is 32.0 Å². The minimum absolute atomic E-state index is 0.00460. The van der Waals surface area contributed by atoms with Crippen molar-refractivity contribution in [3.05, 3.63) is 12.2 Å². The van der Waals surface area contributed by atoms with Gasteiger partial charge in [-0.3, -0.25) is 9.59 Å². The highest BCUT2D eigenvalue weighted by Crippen LogP contribution is 2.23. The molecular formula is C62H119NO10. The summed E-state index contributed by atoms with van der Waals surface area (Å²) in [5.41, 5.74) is 0. The number of carbonyl (C=O) groups is 2. The Kier molecular flexibility index (Phi) is 49.9. The largest absolute Gasteiger partial charge is 0.466 e. The summed E-state index contributed by atoms with van der Waals surface area (Å²) in [5.74, 6) is -0.177. The fourth-order valence-corrected chi connectivity index (χ4v) is 10.1. The fourth-order valence-electron chi connectivity index (χ4n) is 10.1. The molecule has 432 valence electrons. The summed E-state index contributed by atoms with van der Waals surface area (Å²) in [5, 5.41) is 54.2. The Morgan fingerprint density at radius 2 is 0.863 bits per heavy atom. The molecular weight excluding hydrogens is 919 g/mol. The first-order valence-corrected chi connectivity index (χ1v) is 31.5. The molecule has 0 aromatic carbocycles. The van der Waals surface area contributed by atoms with Gasteiger partial charge in [0, 0.05) is 12.8 Å². The van der Waals surface area contributed by atoms with E-state index in [9.17, 15) is 35.1 Å². The van der Waals surface area contributed by atoms with Gasteiger partial charge in [-0.15, -0.1) is 0 Å². The predicted octanol–water partition coefficient (Wildman–Crippen LogP) is 14.7. The number of hydrogen-bond donors (Lipinski definition) is 6. The molecule has 7 unspecified atom stereocenters. The van der Waals surface area contributed by atoms with Gasteiger partial charge in [-0.05, 0) is 32.1 Å². The Morgan fingerprint density at radius 3 is 1.27 bits per heavy atom. The number of nitrogens with one attached hydrogen (secondary N) is 1. The van der Waals surface area contributed by atoms with Crippen LogP contribution in [0.3, 0.4) is 0 Å². The maximum Gasteiger partial charge on any atom is 0.305 e. The first-order valence-electron chi connectivity index (χ1n) is 31.5. The zero-order valence-corrected chi connectivity index (χ0v) is 47.6. The summed E-state index contributed by atoms with van der Waals surface area (Å²) in [6.07, 6.45) is 51.9. The van der Waals surface area contributed by atoms with E-state index < -0.39 is 49.5 Å². The van der Waals surface area contributed by atoms with Crippen molar-refractivity contribution in [2.45, 2.75) is 352 Å². The van der Waals surface area contributed by atoms with Gasteiger partial charge in [0.25, 0.3) is 0 Å². The summed E-state index contributed by atoms with van der Waals surface area (Å²) in [6, 6.07) is -0.807. The van der Waals surface area contributed by atoms with Crippen LogP contribution in [0.15, 0.2) is 12.2 Å². The number of allylic oxidation sites excluding steroid dienone is 1. The Bertz CT molecular complexity index is 1220. The van der Waals surface area contributed by atoms with Crippen molar-refractivity contribution < 1.29 is 49.3 Å². The van der Waals surface area contributed by atoms with Crippen LogP contribution in [0.2, 0.25) is 0 Å². The smallest absolute Gasteiger partial charge is 0.305 e. The molecule has 73 heavy (non-hydrogen) atoms. The molecule has 6 N–H and O–H groups in total. The molecule has 1 aliphatic heterocycles. The first kappa shape index (κ1) is 69.4. The van der Waals surface area contributed by atoms with E-state index in [-0.39, 0.29) is 18.5 Å². The molecule has 1 amide bonds. The third kappa shape index (κ3) is 42.1. The first-order chi connectivity index (χ1) is 35.7. The third-order valence-electron chi connectivity index (χ3n) is 15.2. The number of hydrogen-bond acceptors (Lipinski definition) is 10. The number of ether oxygens (including phenoxy) is 3. The number of aliphatic hydroxyl groups is 5. The molecule has 7 atom stereocenters. The lowest BCUT2D eigenvalue weighted by Gasteiger charge is -2.40. The van der Waals surface area contributed by atoms with Crippen molar-refractivity contribution in [1.29, 1.82) is 0 Å². The van der Waals surface area contributed by atoms with E-state index >= 15 is 0 Å². The van der Waals surface area contributed by atoms with Gasteiger partial charge in [-0.25, -0.2) is 0 Å². The zero-order valence-electron chi connectivity index (χ0n) is 47.6. The number of carbonyl (C=O) groups excluding carboxylic acids is 2. The maximum atomic E-state index is 13.0. The Morgan fingerprint density at radius 1 is 0.493 bits per heavy atom. The van der Waals surface area contributed by atoms with Crippen LogP contribution in [0.4, 0.5) is 0 Å². The van der Waals surface area contributed by atoms with Crippen LogP contribution < -0.4 is 5.32 Å². The monoisotopic (exact) mass is 1040 g/mol. The van der Waals surface area contributed by atoms with Crippen molar-refractivity contribution in [2.75, 3.05) is 19.8 Å². The van der Waals surface area contributed by atoms with Crippen LogP contribution in [-0.2, 0) is 23.8 Å². The Labute approximate surface area is 448 Å². The van der Waals surface area contributed by atoms with Crippen LogP contribution >= 0.6 is 0 Å². The van der Waals surface area contributed by atoms with Crippen molar-refractivity contribution in [3.63, 3.8) is 0 Å². The second-order valence-corrected chi connectivity index (χ2v) is 22.1. The van der Waals surface area contributed by atoms with E-state index in [1.165, 1.54) is 225 Å². The van der Waals surface area contributed by atoms with Crippen LogP contribution in [0, 0.1) is 0 Å². The van der Waals surface area contributed by atoms with Crippen molar-refractivity contribution >= 4 is 11.9 Å². The molecule has 0 aromatic heterocycles. The second kappa shape index (κ2) is 52.5. The molecule has 11 nitrogen and oxygen atoms in total. The Balaban J connectivity index is 1.97. The highest BCUT2D eigenvalue weighted by Gasteiger charge is 2.44.